The summed E-state index contributed by atoms with van der Waals surface area (Å²) in [4.78, 5) is 30.3. The number of nitrogens with one attached hydrogen (secondary N) is 1. The molecule has 2 fully saturated rings. The molecule has 6 nitrogen and oxygen atoms in total. The normalized spacial score (nSPS) is 18.5. The predicted molar refractivity (Wildman–Crippen MR) is 105 cm³/mol. The molecule has 0 aliphatic carbocycles. The van der Waals surface area contributed by atoms with Crippen LogP contribution < -0.4 is 10.2 Å². The van der Waals surface area contributed by atoms with Crippen molar-refractivity contribution in [3.63, 3.8) is 0 Å². The second-order valence-electron chi connectivity index (χ2n) is 7.52. The minimum atomic E-state index is -0.0250. The van der Waals surface area contributed by atoms with Crippen LogP contribution in [0, 0.1) is 5.92 Å². The maximum atomic E-state index is 12.5. The first kappa shape index (κ1) is 18.5. The monoisotopic (exact) mass is 358 g/mol. The van der Waals surface area contributed by atoms with Crippen LogP contribution in [0.5, 0.6) is 0 Å². The maximum Gasteiger partial charge on any atom is 0.319 e. The summed E-state index contributed by atoms with van der Waals surface area (Å²) in [5, 5.41) is 3.04. The fraction of sp³-hybridized carbons (Fsp3) is 0.600. The van der Waals surface area contributed by atoms with Gasteiger partial charge in [0.2, 0.25) is 5.91 Å². The van der Waals surface area contributed by atoms with Gasteiger partial charge in [-0.2, -0.15) is 0 Å². The molecule has 1 N–H and O–H groups in total. The quantitative estimate of drug-likeness (QED) is 0.904. The predicted octanol–water partition coefficient (Wildman–Crippen LogP) is 3.01. The van der Waals surface area contributed by atoms with E-state index in [1.54, 1.807) is 19.0 Å². The Morgan fingerprint density at radius 2 is 1.58 bits per heavy atom. The van der Waals surface area contributed by atoms with E-state index >= 15 is 0 Å². The van der Waals surface area contributed by atoms with E-state index < -0.39 is 0 Å². The molecular formula is C20H30N4O2. The molecule has 0 saturated carbocycles. The molecule has 0 radical (unpaired) electrons. The first-order chi connectivity index (χ1) is 12.5. The van der Waals surface area contributed by atoms with E-state index in [2.05, 4.69) is 22.3 Å². The second-order valence-corrected chi connectivity index (χ2v) is 7.52. The zero-order chi connectivity index (χ0) is 18.5. The summed E-state index contributed by atoms with van der Waals surface area (Å²) in [5.74, 6) is 0.0376. The number of anilines is 2. The van der Waals surface area contributed by atoms with Gasteiger partial charge in [0.25, 0.3) is 0 Å². The van der Waals surface area contributed by atoms with Crippen LogP contribution in [0.1, 0.15) is 32.1 Å². The average molecular weight is 358 g/mol. The van der Waals surface area contributed by atoms with Crippen molar-refractivity contribution in [2.75, 3.05) is 50.5 Å². The van der Waals surface area contributed by atoms with E-state index in [4.69, 9.17) is 0 Å². The molecule has 2 saturated heterocycles. The average Bonchev–Trinajstić information content (AvgIpc) is 2.68. The van der Waals surface area contributed by atoms with Crippen LogP contribution in [0.2, 0.25) is 0 Å². The number of benzene rings is 1. The number of urea groups is 1. The summed E-state index contributed by atoms with van der Waals surface area (Å²) in [6.45, 7) is 3.53. The molecular weight excluding hydrogens is 328 g/mol. The molecule has 0 bridgehead atoms. The highest BCUT2D eigenvalue weighted by Gasteiger charge is 2.28. The van der Waals surface area contributed by atoms with E-state index in [1.165, 1.54) is 24.9 Å². The standard InChI is InChI=1S/C20H30N4O2/c1-22(2)20(26)24-14-10-16(11-15-24)19(25)21-17-6-8-18(9-7-17)23-12-4-3-5-13-23/h6-9,16H,3-5,10-15H2,1-2H3,(H,21,25). The lowest BCUT2D eigenvalue weighted by Crippen LogP contribution is -2.45. The van der Waals surface area contributed by atoms with E-state index in [0.29, 0.717) is 13.1 Å². The highest BCUT2D eigenvalue weighted by molar-refractivity contribution is 5.93. The first-order valence-corrected chi connectivity index (χ1v) is 9.66. The van der Waals surface area contributed by atoms with Crippen molar-refractivity contribution in [1.29, 1.82) is 0 Å². The van der Waals surface area contributed by atoms with E-state index in [-0.39, 0.29) is 17.9 Å². The molecule has 1 aromatic rings. The Labute approximate surface area is 156 Å². The van der Waals surface area contributed by atoms with Crippen LogP contribution in [0.25, 0.3) is 0 Å². The molecule has 0 spiro atoms. The van der Waals surface area contributed by atoms with Gasteiger partial charge in [-0.05, 0) is 56.4 Å². The molecule has 0 aromatic heterocycles. The number of piperidine rings is 2. The third kappa shape index (κ3) is 4.48. The Bertz CT molecular complexity index is 615. The number of likely N-dealkylation sites (tertiary alicyclic amines) is 1. The Morgan fingerprint density at radius 3 is 2.15 bits per heavy atom. The van der Waals surface area contributed by atoms with Crippen molar-refractivity contribution in [1.82, 2.24) is 9.80 Å². The van der Waals surface area contributed by atoms with Crippen molar-refractivity contribution in [3.05, 3.63) is 24.3 Å². The van der Waals surface area contributed by atoms with Gasteiger partial charge in [0.05, 0.1) is 0 Å². The molecule has 0 atom stereocenters. The van der Waals surface area contributed by atoms with Gasteiger partial charge in [0, 0.05) is 57.6 Å². The highest BCUT2D eigenvalue weighted by atomic mass is 16.2. The van der Waals surface area contributed by atoms with Crippen LogP contribution in [-0.4, -0.2) is 62.0 Å². The van der Waals surface area contributed by atoms with E-state index in [0.717, 1.165) is 31.6 Å². The number of amides is 3. The number of hydrogen-bond acceptors (Lipinski definition) is 3. The minimum Gasteiger partial charge on any atom is -0.372 e. The molecule has 6 heteroatoms. The van der Waals surface area contributed by atoms with Gasteiger partial charge in [-0.3, -0.25) is 4.79 Å². The van der Waals surface area contributed by atoms with Gasteiger partial charge in [0.1, 0.15) is 0 Å². The molecule has 0 unspecified atom stereocenters. The minimum absolute atomic E-state index is 0.0250. The van der Waals surface area contributed by atoms with E-state index in [9.17, 15) is 9.59 Å². The summed E-state index contributed by atoms with van der Waals surface area (Å²) >= 11 is 0. The SMILES string of the molecule is CN(C)C(=O)N1CCC(C(=O)Nc2ccc(N3CCCCC3)cc2)CC1. The molecule has 2 aliphatic rings. The number of hydrogen-bond donors (Lipinski definition) is 1. The highest BCUT2D eigenvalue weighted by Crippen LogP contribution is 2.24. The van der Waals surface area contributed by atoms with Crippen LogP contribution in [-0.2, 0) is 4.79 Å². The Hall–Kier alpha value is -2.24. The first-order valence-electron chi connectivity index (χ1n) is 9.66. The zero-order valence-corrected chi connectivity index (χ0v) is 15.9. The van der Waals surface area contributed by atoms with Crippen molar-refractivity contribution < 1.29 is 9.59 Å². The number of carbonyl (C=O) groups is 2. The van der Waals surface area contributed by atoms with Gasteiger partial charge in [-0.25, -0.2) is 4.79 Å². The summed E-state index contributed by atoms with van der Waals surface area (Å²) in [6.07, 6.45) is 5.28. The molecule has 1 aromatic carbocycles. The molecule has 2 heterocycles. The lowest BCUT2D eigenvalue weighted by molar-refractivity contribution is -0.121. The molecule has 3 amide bonds. The van der Waals surface area contributed by atoms with Gasteiger partial charge in [-0.1, -0.05) is 0 Å². The lowest BCUT2D eigenvalue weighted by atomic mass is 9.96. The van der Waals surface area contributed by atoms with Crippen molar-refractivity contribution in [3.8, 4) is 0 Å². The second kappa shape index (κ2) is 8.43. The van der Waals surface area contributed by atoms with Crippen LogP contribution in [0.15, 0.2) is 24.3 Å². The summed E-state index contributed by atoms with van der Waals surface area (Å²) in [5.41, 5.74) is 2.08. The van der Waals surface area contributed by atoms with Crippen LogP contribution in [0.3, 0.4) is 0 Å². The Kier molecular flexibility index (Phi) is 6.01. The molecule has 26 heavy (non-hydrogen) atoms. The van der Waals surface area contributed by atoms with Gasteiger partial charge in [-0.15, -0.1) is 0 Å². The van der Waals surface area contributed by atoms with Crippen molar-refractivity contribution in [2.24, 2.45) is 5.92 Å². The maximum absolute atomic E-state index is 12.5. The van der Waals surface area contributed by atoms with Crippen molar-refractivity contribution in [2.45, 2.75) is 32.1 Å². The van der Waals surface area contributed by atoms with Crippen molar-refractivity contribution >= 4 is 23.3 Å². The summed E-state index contributed by atoms with van der Waals surface area (Å²) in [6, 6.07) is 8.20. The lowest BCUT2D eigenvalue weighted by Gasteiger charge is -2.33. The smallest absolute Gasteiger partial charge is 0.319 e. The molecule has 2 aliphatic heterocycles. The fourth-order valence-electron chi connectivity index (χ4n) is 3.77. The Balaban J connectivity index is 1.50. The molecule has 3 rings (SSSR count). The van der Waals surface area contributed by atoms with Gasteiger partial charge < -0.3 is 20.0 Å². The van der Waals surface area contributed by atoms with Gasteiger partial charge in [0.15, 0.2) is 0 Å². The summed E-state index contributed by atoms with van der Waals surface area (Å²) in [7, 11) is 3.52. The molecule has 142 valence electrons. The van der Waals surface area contributed by atoms with Crippen LogP contribution in [0.4, 0.5) is 16.2 Å². The third-order valence-electron chi connectivity index (χ3n) is 5.37. The number of carbonyl (C=O) groups excluding carboxylic acids is 2. The third-order valence-corrected chi connectivity index (χ3v) is 5.37. The van der Waals surface area contributed by atoms with Gasteiger partial charge >= 0.3 is 6.03 Å². The topological polar surface area (TPSA) is 55.9 Å². The largest absolute Gasteiger partial charge is 0.372 e. The fourth-order valence-corrected chi connectivity index (χ4v) is 3.77. The van der Waals surface area contributed by atoms with Crippen LogP contribution >= 0.6 is 0 Å². The Morgan fingerprint density at radius 1 is 0.962 bits per heavy atom. The zero-order valence-electron chi connectivity index (χ0n) is 15.9. The summed E-state index contributed by atoms with van der Waals surface area (Å²) < 4.78 is 0. The number of rotatable bonds is 3. The number of nitrogens with zero attached hydrogens (tertiary/aromatic N) is 3. The van der Waals surface area contributed by atoms with E-state index in [1.807, 2.05) is 17.0 Å².